The summed E-state index contributed by atoms with van der Waals surface area (Å²) < 4.78 is 11.9. The normalized spacial score (nSPS) is 17.2. The average molecular weight is 437 g/mol. The summed E-state index contributed by atoms with van der Waals surface area (Å²) in [5.41, 5.74) is 7.59. The third kappa shape index (κ3) is 4.21. The smallest absolute Gasteiger partial charge is 0.161 e. The highest BCUT2D eigenvalue weighted by molar-refractivity contribution is 5.53. The van der Waals surface area contributed by atoms with Crippen LogP contribution >= 0.6 is 0 Å². The van der Waals surface area contributed by atoms with Crippen LogP contribution in [-0.2, 0) is 17.7 Å². The van der Waals surface area contributed by atoms with Gasteiger partial charge in [0.1, 0.15) is 11.5 Å². The zero-order chi connectivity index (χ0) is 22.0. The number of fused-ring (bicyclic) bond motifs is 1. The van der Waals surface area contributed by atoms with E-state index in [9.17, 15) is 0 Å². The third-order valence-electron chi connectivity index (χ3n) is 6.69. The van der Waals surface area contributed by atoms with Gasteiger partial charge in [-0.05, 0) is 54.3 Å². The Kier molecular flexibility index (Phi) is 5.27. The molecule has 0 N–H and O–H groups in total. The molecule has 0 unspecified atom stereocenters. The van der Waals surface area contributed by atoms with Gasteiger partial charge < -0.3 is 19.3 Å². The molecule has 0 amide bonds. The Morgan fingerprint density at radius 3 is 2.12 bits per heavy atom. The molecule has 3 aliphatic rings. The number of para-hydroxylation sites is 1. The first kappa shape index (κ1) is 20.0. The van der Waals surface area contributed by atoms with E-state index in [0.29, 0.717) is 13.5 Å². The first-order valence-electron chi connectivity index (χ1n) is 11.7. The number of rotatable bonds is 4. The van der Waals surface area contributed by atoms with Crippen molar-refractivity contribution in [2.24, 2.45) is 0 Å². The fraction of sp³-hybridized carbons (Fsp3) is 0.241. The van der Waals surface area contributed by atoms with E-state index in [1.165, 1.54) is 39.4 Å². The molecule has 0 bridgehead atoms. The minimum atomic E-state index is 0.590. The number of nitrogens with zero attached hydrogens (tertiary/aromatic N) is 2. The maximum absolute atomic E-state index is 6.00. The molecule has 6 rings (SSSR count). The van der Waals surface area contributed by atoms with Crippen molar-refractivity contribution >= 4 is 11.4 Å². The summed E-state index contributed by atoms with van der Waals surface area (Å²) in [6, 6.07) is 26.0. The second-order valence-corrected chi connectivity index (χ2v) is 8.95. The highest BCUT2D eigenvalue weighted by Crippen LogP contribution is 2.30. The molecule has 2 aliphatic heterocycles. The Labute approximate surface area is 195 Å². The first-order valence-corrected chi connectivity index (χ1v) is 11.7. The van der Waals surface area contributed by atoms with Gasteiger partial charge in [-0.1, -0.05) is 54.6 Å². The summed E-state index contributed by atoms with van der Waals surface area (Å²) in [6.45, 7) is 3.03. The summed E-state index contributed by atoms with van der Waals surface area (Å²) in [6.07, 6.45) is 7.52. The number of allylic oxidation sites excluding steroid dienone is 2. The predicted octanol–water partition coefficient (Wildman–Crippen LogP) is 6.03. The molecular formula is C29H28N2O2. The SMILES string of the molecule is C1=CC2=C(CC1)OCN(c1ccc(Cc3ccc(N4COc5ccccc5C4)cc3)cc1)C2. The van der Waals surface area contributed by atoms with Crippen LogP contribution in [0.4, 0.5) is 11.4 Å². The van der Waals surface area contributed by atoms with Gasteiger partial charge >= 0.3 is 0 Å². The summed E-state index contributed by atoms with van der Waals surface area (Å²) in [7, 11) is 0. The highest BCUT2D eigenvalue weighted by atomic mass is 16.5. The second-order valence-electron chi connectivity index (χ2n) is 8.95. The maximum atomic E-state index is 6.00. The average Bonchev–Trinajstić information content (AvgIpc) is 2.89. The van der Waals surface area contributed by atoms with E-state index >= 15 is 0 Å². The maximum Gasteiger partial charge on any atom is 0.161 e. The summed E-state index contributed by atoms with van der Waals surface area (Å²) in [5.74, 6) is 2.17. The minimum Gasteiger partial charge on any atom is -0.477 e. The standard InChI is InChI=1S/C29H28N2O2/c1-3-7-28-24(5-1)18-30(20-32-28)26-13-9-22(10-14-26)17-23-11-15-27(16-12-23)31-19-25-6-2-4-8-29(25)33-21-31/h1-3,5-7,9-16H,4,8,17-21H2. The van der Waals surface area contributed by atoms with Crippen molar-refractivity contribution in [3.63, 3.8) is 0 Å². The molecule has 4 nitrogen and oxygen atoms in total. The monoisotopic (exact) mass is 436 g/mol. The van der Waals surface area contributed by atoms with Crippen LogP contribution in [0.15, 0.2) is 96.3 Å². The number of hydrogen-bond donors (Lipinski definition) is 0. The molecule has 0 saturated carbocycles. The van der Waals surface area contributed by atoms with Gasteiger partial charge in [-0.2, -0.15) is 0 Å². The zero-order valence-electron chi connectivity index (χ0n) is 18.7. The van der Waals surface area contributed by atoms with E-state index in [2.05, 4.69) is 82.6 Å². The molecule has 0 fully saturated rings. The Morgan fingerprint density at radius 1 is 0.697 bits per heavy atom. The molecule has 33 heavy (non-hydrogen) atoms. The zero-order valence-corrected chi connectivity index (χ0v) is 18.7. The van der Waals surface area contributed by atoms with Gasteiger partial charge in [0.05, 0.1) is 0 Å². The molecule has 3 aromatic carbocycles. The van der Waals surface area contributed by atoms with Crippen molar-refractivity contribution in [3.8, 4) is 5.75 Å². The molecule has 4 heteroatoms. The van der Waals surface area contributed by atoms with Crippen LogP contribution in [0.3, 0.4) is 0 Å². The summed E-state index contributed by atoms with van der Waals surface area (Å²) in [5, 5.41) is 0. The largest absolute Gasteiger partial charge is 0.477 e. The summed E-state index contributed by atoms with van der Waals surface area (Å²) in [4.78, 5) is 4.57. The number of benzene rings is 3. The van der Waals surface area contributed by atoms with Crippen LogP contribution in [0.5, 0.6) is 5.75 Å². The lowest BCUT2D eigenvalue weighted by Crippen LogP contribution is -2.33. The number of ether oxygens (including phenoxy) is 2. The van der Waals surface area contributed by atoms with E-state index in [1.54, 1.807) is 0 Å². The number of hydrogen-bond acceptors (Lipinski definition) is 4. The van der Waals surface area contributed by atoms with Crippen LogP contribution in [0.25, 0.3) is 0 Å². The quantitative estimate of drug-likeness (QED) is 0.498. The Hall–Kier alpha value is -3.66. The highest BCUT2D eigenvalue weighted by Gasteiger charge is 2.20. The molecule has 3 aromatic rings. The van der Waals surface area contributed by atoms with E-state index in [0.717, 1.165) is 38.1 Å². The third-order valence-corrected chi connectivity index (χ3v) is 6.69. The number of anilines is 2. The Balaban J connectivity index is 1.09. The van der Waals surface area contributed by atoms with Gasteiger partial charge in [-0.25, -0.2) is 0 Å². The minimum absolute atomic E-state index is 0.590. The van der Waals surface area contributed by atoms with Crippen LogP contribution in [0.1, 0.15) is 29.5 Å². The fourth-order valence-electron chi connectivity index (χ4n) is 4.80. The van der Waals surface area contributed by atoms with Crippen LogP contribution in [0, 0.1) is 0 Å². The molecule has 0 atom stereocenters. The summed E-state index contributed by atoms with van der Waals surface area (Å²) >= 11 is 0. The lowest BCUT2D eigenvalue weighted by molar-refractivity contribution is 0.185. The molecule has 0 radical (unpaired) electrons. The Bertz CT molecular complexity index is 1200. The van der Waals surface area contributed by atoms with Crippen LogP contribution in [0.2, 0.25) is 0 Å². The van der Waals surface area contributed by atoms with Gasteiger partial charge in [0.15, 0.2) is 13.5 Å². The van der Waals surface area contributed by atoms with Crippen LogP contribution in [-0.4, -0.2) is 20.0 Å². The molecule has 1 aliphatic carbocycles. The molecular weight excluding hydrogens is 408 g/mol. The van der Waals surface area contributed by atoms with Crippen molar-refractivity contribution < 1.29 is 9.47 Å². The van der Waals surface area contributed by atoms with Crippen molar-refractivity contribution in [2.75, 3.05) is 29.8 Å². The van der Waals surface area contributed by atoms with Gasteiger partial charge in [0.25, 0.3) is 0 Å². The molecule has 0 spiro atoms. The van der Waals surface area contributed by atoms with E-state index in [4.69, 9.17) is 9.47 Å². The van der Waals surface area contributed by atoms with Crippen molar-refractivity contribution in [1.82, 2.24) is 0 Å². The van der Waals surface area contributed by atoms with E-state index < -0.39 is 0 Å². The lowest BCUT2D eigenvalue weighted by Gasteiger charge is -2.33. The van der Waals surface area contributed by atoms with Gasteiger partial charge in [-0.15, -0.1) is 0 Å². The topological polar surface area (TPSA) is 24.9 Å². The molecule has 2 heterocycles. The van der Waals surface area contributed by atoms with Crippen molar-refractivity contribution in [3.05, 3.63) is 113 Å². The molecule has 166 valence electrons. The van der Waals surface area contributed by atoms with Crippen molar-refractivity contribution in [2.45, 2.75) is 25.8 Å². The van der Waals surface area contributed by atoms with Gasteiger partial charge in [0.2, 0.25) is 0 Å². The van der Waals surface area contributed by atoms with Crippen molar-refractivity contribution in [1.29, 1.82) is 0 Å². The van der Waals surface area contributed by atoms with E-state index in [1.807, 2.05) is 12.1 Å². The predicted molar refractivity (Wildman–Crippen MR) is 133 cm³/mol. The molecule has 0 aromatic heterocycles. The fourth-order valence-corrected chi connectivity index (χ4v) is 4.80. The van der Waals surface area contributed by atoms with Gasteiger partial charge in [-0.3, -0.25) is 0 Å². The lowest BCUT2D eigenvalue weighted by atomic mass is 10.0. The van der Waals surface area contributed by atoms with Crippen LogP contribution < -0.4 is 14.5 Å². The molecule has 0 saturated heterocycles. The first-order chi connectivity index (χ1) is 16.3. The second kappa shape index (κ2) is 8.70. The van der Waals surface area contributed by atoms with E-state index in [-0.39, 0.29) is 0 Å². The van der Waals surface area contributed by atoms with Gasteiger partial charge in [0, 0.05) is 42.0 Å². The Morgan fingerprint density at radius 2 is 1.36 bits per heavy atom.